The van der Waals surface area contributed by atoms with Crippen molar-refractivity contribution < 1.29 is 32.9 Å². The van der Waals surface area contributed by atoms with Gasteiger partial charge in [-0.1, -0.05) is 12.1 Å². The molecule has 1 fully saturated rings. The number of carbonyl (C=O) groups is 2. The summed E-state index contributed by atoms with van der Waals surface area (Å²) in [5.41, 5.74) is 0.115. The number of amidine groups is 1. The molecule has 1 unspecified atom stereocenters. The summed E-state index contributed by atoms with van der Waals surface area (Å²) in [6.07, 6.45) is 0.0787. The molecule has 1 saturated heterocycles. The second-order valence-electron chi connectivity index (χ2n) is 7.92. The normalized spacial score (nSPS) is 22.7. The van der Waals surface area contributed by atoms with Gasteiger partial charge in [-0.25, -0.2) is 24.0 Å². The molecule has 2 aliphatic heterocycles. The van der Waals surface area contributed by atoms with Crippen LogP contribution in [0.1, 0.15) is 17.5 Å². The molecule has 1 N–H and O–H groups in total. The van der Waals surface area contributed by atoms with Crippen LogP contribution >= 0.6 is 11.3 Å². The molecular formula is C23H25FN4O6S. The zero-order valence-electron chi connectivity index (χ0n) is 19.4. The number of aromatic nitrogens is 1. The van der Waals surface area contributed by atoms with E-state index in [2.05, 4.69) is 15.0 Å². The van der Waals surface area contributed by atoms with Crippen molar-refractivity contribution in [3.63, 3.8) is 0 Å². The number of hydrogen-bond acceptors (Lipinski definition) is 11. The van der Waals surface area contributed by atoms with Crippen molar-refractivity contribution in [3.8, 4) is 0 Å². The van der Waals surface area contributed by atoms with Crippen LogP contribution in [0.25, 0.3) is 0 Å². The van der Waals surface area contributed by atoms with Crippen molar-refractivity contribution in [1.82, 2.24) is 15.2 Å². The van der Waals surface area contributed by atoms with Gasteiger partial charge in [-0.05, 0) is 24.6 Å². The van der Waals surface area contributed by atoms with E-state index in [0.29, 0.717) is 35.3 Å². The molecule has 10 nitrogen and oxygen atoms in total. The molecule has 12 heteroatoms. The third kappa shape index (κ3) is 5.19. The minimum absolute atomic E-state index is 0.137. The van der Waals surface area contributed by atoms with Crippen molar-refractivity contribution >= 4 is 29.3 Å². The van der Waals surface area contributed by atoms with Crippen LogP contribution in [-0.2, 0) is 29.3 Å². The minimum Gasteiger partial charge on any atom is -0.466 e. The maximum atomic E-state index is 13.7. The van der Waals surface area contributed by atoms with Gasteiger partial charge in [0.05, 0.1) is 33.0 Å². The smallest absolute Gasteiger partial charge is 0.466 e. The summed E-state index contributed by atoms with van der Waals surface area (Å²) in [6, 6.07) is 5.81. The standard InChI is InChI=1S/C23H25FN4O6S/c1-23(14-4-6-15(24)7-5-14)18(21(29)31-2)16(26-19(27-23)20-25-8-11-35-20)12-28-9-10-33-13-17(28)34-22(30)32-3/h4-8,11,17H,9-10,12-13H2,1-3H3,(H,26,27)/t17-,23?/m0/s1. The summed E-state index contributed by atoms with van der Waals surface area (Å²) in [4.78, 5) is 36.0. The first kappa shape index (κ1) is 24.8. The fraction of sp³-hybridized carbons (Fsp3) is 0.391. The molecule has 0 radical (unpaired) electrons. The van der Waals surface area contributed by atoms with Gasteiger partial charge < -0.3 is 24.3 Å². The van der Waals surface area contributed by atoms with Crippen LogP contribution in [0.2, 0.25) is 0 Å². The monoisotopic (exact) mass is 504 g/mol. The van der Waals surface area contributed by atoms with E-state index in [4.69, 9.17) is 19.2 Å². The lowest BCUT2D eigenvalue weighted by molar-refractivity contribution is -0.137. The number of nitrogens with zero attached hydrogens (tertiary/aromatic N) is 3. The average molecular weight is 505 g/mol. The highest BCUT2D eigenvalue weighted by atomic mass is 32.1. The van der Waals surface area contributed by atoms with Crippen LogP contribution in [0.15, 0.2) is 52.1 Å². The van der Waals surface area contributed by atoms with Crippen molar-refractivity contribution in [2.45, 2.75) is 18.7 Å². The SMILES string of the molecule is COC(=O)O[C@H]1COCCN1CC1=C(C(=O)OC)C(C)(c2ccc(F)cc2)N=C(c2nccs2)N1. The van der Waals surface area contributed by atoms with Crippen LogP contribution in [0.5, 0.6) is 0 Å². The average Bonchev–Trinajstić information content (AvgIpc) is 3.40. The molecule has 1 aromatic carbocycles. The molecule has 4 rings (SSSR count). The number of halogens is 1. The van der Waals surface area contributed by atoms with Gasteiger partial charge in [-0.15, -0.1) is 11.3 Å². The zero-order valence-corrected chi connectivity index (χ0v) is 20.3. The number of ether oxygens (including phenoxy) is 4. The van der Waals surface area contributed by atoms with Gasteiger partial charge in [-0.2, -0.15) is 0 Å². The molecule has 35 heavy (non-hydrogen) atoms. The number of methoxy groups -OCH3 is 2. The Labute approximate surface area is 205 Å². The molecule has 2 aliphatic rings. The fourth-order valence-corrected chi connectivity index (χ4v) is 4.62. The van der Waals surface area contributed by atoms with Crippen LogP contribution in [0, 0.1) is 5.82 Å². The lowest BCUT2D eigenvalue weighted by Gasteiger charge is -2.39. The highest BCUT2D eigenvalue weighted by Crippen LogP contribution is 2.39. The Balaban J connectivity index is 1.81. The number of benzene rings is 1. The highest BCUT2D eigenvalue weighted by Gasteiger charge is 2.43. The van der Waals surface area contributed by atoms with Crippen molar-refractivity contribution in [2.24, 2.45) is 4.99 Å². The van der Waals surface area contributed by atoms with Gasteiger partial charge in [0.1, 0.15) is 11.4 Å². The Hall–Kier alpha value is -3.35. The molecule has 0 spiro atoms. The lowest BCUT2D eigenvalue weighted by Crippen LogP contribution is -2.51. The van der Waals surface area contributed by atoms with Gasteiger partial charge in [-0.3, -0.25) is 4.90 Å². The van der Waals surface area contributed by atoms with Gasteiger partial charge in [0, 0.05) is 30.4 Å². The molecule has 0 aliphatic carbocycles. The van der Waals surface area contributed by atoms with Crippen LogP contribution in [0.4, 0.5) is 9.18 Å². The van der Waals surface area contributed by atoms with Gasteiger partial charge in [0.15, 0.2) is 17.1 Å². The predicted molar refractivity (Wildman–Crippen MR) is 124 cm³/mol. The maximum absolute atomic E-state index is 13.7. The number of esters is 1. The molecule has 186 valence electrons. The minimum atomic E-state index is -1.21. The summed E-state index contributed by atoms with van der Waals surface area (Å²) in [6.45, 7) is 2.92. The van der Waals surface area contributed by atoms with Gasteiger partial charge in [0.25, 0.3) is 0 Å². The third-order valence-electron chi connectivity index (χ3n) is 5.77. The van der Waals surface area contributed by atoms with E-state index >= 15 is 0 Å². The van der Waals surface area contributed by atoms with Gasteiger partial charge >= 0.3 is 12.1 Å². The first-order valence-corrected chi connectivity index (χ1v) is 11.6. The number of hydrogen-bond donors (Lipinski definition) is 1. The van der Waals surface area contributed by atoms with Crippen LogP contribution in [0.3, 0.4) is 0 Å². The van der Waals surface area contributed by atoms with E-state index in [0.717, 1.165) is 0 Å². The first-order chi connectivity index (χ1) is 16.9. The number of rotatable bonds is 6. The lowest BCUT2D eigenvalue weighted by atomic mass is 9.82. The summed E-state index contributed by atoms with van der Waals surface area (Å²) in [5, 5.41) is 5.67. The fourth-order valence-electron chi connectivity index (χ4n) is 4.04. The van der Waals surface area contributed by atoms with Crippen LogP contribution < -0.4 is 5.32 Å². The van der Waals surface area contributed by atoms with Crippen LogP contribution in [-0.4, -0.2) is 74.6 Å². The Bertz CT molecular complexity index is 1140. The first-order valence-electron chi connectivity index (χ1n) is 10.8. The van der Waals surface area contributed by atoms with Crippen molar-refractivity contribution in [1.29, 1.82) is 0 Å². The molecule has 0 amide bonds. The molecule has 0 bridgehead atoms. The van der Waals surface area contributed by atoms with Gasteiger partial charge in [0.2, 0.25) is 0 Å². The molecule has 0 saturated carbocycles. The number of nitrogens with one attached hydrogen (secondary N) is 1. The van der Waals surface area contributed by atoms with E-state index in [1.165, 1.54) is 37.7 Å². The summed E-state index contributed by atoms with van der Waals surface area (Å²) >= 11 is 1.38. The summed E-state index contributed by atoms with van der Waals surface area (Å²) in [5.74, 6) is -0.552. The molecular weight excluding hydrogens is 479 g/mol. The molecule has 1 aromatic heterocycles. The van der Waals surface area contributed by atoms with Crippen molar-refractivity contribution in [3.05, 3.63) is 63.5 Å². The zero-order chi connectivity index (χ0) is 25.0. The molecule has 3 heterocycles. The number of aliphatic imine (C=N–C) groups is 1. The summed E-state index contributed by atoms with van der Waals surface area (Å²) in [7, 11) is 2.51. The maximum Gasteiger partial charge on any atom is 0.509 e. The van der Waals surface area contributed by atoms with E-state index in [9.17, 15) is 14.0 Å². The quantitative estimate of drug-likeness (QED) is 0.593. The van der Waals surface area contributed by atoms with Crippen molar-refractivity contribution in [2.75, 3.05) is 40.5 Å². The van der Waals surface area contributed by atoms with E-state index < -0.39 is 29.7 Å². The van der Waals surface area contributed by atoms with E-state index in [1.807, 2.05) is 10.3 Å². The number of carbonyl (C=O) groups excluding carboxylic acids is 2. The second-order valence-corrected chi connectivity index (χ2v) is 8.81. The van der Waals surface area contributed by atoms with E-state index in [1.54, 1.807) is 25.3 Å². The Morgan fingerprint density at radius 3 is 2.71 bits per heavy atom. The summed E-state index contributed by atoms with van der Waals surface area (Å²) < 4.78 is 34.3. The molecule has 2 aromatic rings. The number of thiazole rings is 1. The Kier molecular flexibility index (Phi) is 7.43. The topological polar surface area (TPSA) is 112 Å². The highest BCUT2D eigenvalue weighted by molar-refractivity contribution is 7.11. The second kappa shape index (κ2) is 10.5. The number of morpholine rings is 1. The predicted octanol–water partition coefficient (Wildman–Crippen LogP) is 2.42. The Morgan fingerprint density at radius 1 is 1.29 bits per heavy atom. The van der Waals surface area contributed by atoms with E-state index in [-0.39, 0.29) is 18.7 Å². The largest absolute Gasteiger partial charge is 0.509 e. The third-order valence-corrected chi connectivity index (χ3v) is 6.55. The molecule has 2 atom stereocenters. The Morgan fingerprint density at radius 2 is 2.06 bits per heavy atom.